The lowest BCUT2D eigenvalue weighted by Gasteiger charge is -2.27. The monoisotopic (exact) mass is 462 g/mol. The molecule has 0 aromatic heterocycles. The Morgan fingerprint density at radius 2 is 1.56 bits per heavy atom. The molecule has 0 bridgehead atoms. The van der Waals surface area contributed by atoms with Crippen molar-refractivity contribution in [2.24, 2.45) is 29.6 Å². The highest BCUT2D eigenvalue weighted by atomic mass is 16.5. The van der Waals surface area contributed by atoms with Gasteiger partial charge in [-0.05, 0) is 40.0 Å². The molecule has 178 valence electrons. The molecule has 2 aromatic carbocycles. The van der Waals surface area contributed by atoms with E-state index in [0.29, 0.717) is 13.1 Å². The van der Waals surface area contributed by atoms with E-state index in [1.807, 2.05) is 38.1 Å². The maximum Gasteiger partial charge on any atom is 0.407 e. The van der Waals surface area contributed by atoms with Gasteiger partial charge in [0.1, 0.15) is 6.61 Å². The Hall–Kier alpha value is -3.35. The van der Waals surface area contributed by atoms with Gasteiger partial charge < -0.3 is 20.1 Å². The Morgan fingerprint density at radius 3 is 2.09 bits per heavy atom. The number of nitrogens with one attached hydrogen (secondary N) is 1. The molecule has 0 radical (unpaired) electrons. The van der Waals surface area contributed by atoms with Crippen molar-refractivity contribution in [3.05, 3.63) is 59.7 Å². The molecule has 2 fully saturated rings. The number of rotatable bonds is 7. The first-order chi connectivity index (χ1) is 16.4. The van der Waals surface area contributed by atoms with E-state index in [-0.39, 0.29) is 54.6 Å². The van der Waals surface area contributed by atoms with Crippen molar-refractivity contribution in [2.45, 2.75) is 19.8 Å². The maximum absolute atomic E-state index is 13.1. The van der Waals surface area contributed by atoms with Crippen LogP contribution in [-0.2, 0) is 14.3 Å². The average molecular weight is 463 g/mol. The topological polar surface area (TPSA) is 95.9 Å². The molecule has 3 unspecified atom stereocenters. The smallest absolute Gasteiger partial charge is 0.407 e. The number of carboxylic acid groups (broad SMARTS) is 1. The second-order valence-electron chi connectivity index (χ2n) is 9.99. The van der Waals surface area contributed by atoms with E-state index in [9.17, 15) is 19.5 Å². The first kappa shape index (κ1) is 22.4. The second-order valence-corrected chi connectivity index (χ2v) is 9.99. The summed E-state index contributed by atoms with van der Waals surface area (Å²) in [6.07, 6.45) is -0.532. The molecule has 2 N–H and O–H groups in total. The third-order valence-electron chi connectivity index (χ3n) is 7.72. The van der Waals surface area contributed by atoms with Crippen molar-refractivity contribution in [2.75, 3.05) is 26.2 Å². The SMILES string of the molecule is CC(C)C(CNC(=O)OCC1c2ccccc2-c2ccccc21)C(=O)N1CC2C(C1)C2C(=O)O. The van der Waals surface area contributed by atoms with Crippen LogP contribution in [0.4, 0.5) is 4.79 Å². The predicted octanol–water partition coefficient (Wildman–Crippen LogP) is 3.59. The highest BCUT2D eigenvalue weighted by Crippen LogP contribution is 2.52. The largest absolute Gasteiger partial charge is 0.481 e. The fourth-order valence-corrected chi connectivity index (χ4v) is 5.76. The molecule has 2 amide bonds. The van der Waals surface area contributed by atoms with Gasteiger partial charge in [-0.1, -0.05) is 62.4 Å². The van der Waals surface area contributed by atoms with Gasteiger partial charge >= 0.3 is 12.1 Å². The van der Waals surface area contributed by atoms with E-state index in [2.05, 4.69) is 29.6 Å². The molecule has 3 atom stereocenters. The zero-order chi connectivity index (χ0) is 24.0. The molecule has 2 aromatic rings. The van der Waals surface area contributed by atoms with Crippen LogP contribution < -0.4 is 5.32 Å². The van der Waals surface area contributed by atoms with E-state index < -0.39 is 12.1 Å². The Bertz CT molecular complexity index is 1070. The molecule has 34 heavy (non-hydrogen) atoms. The molecular weight excluding hydrogens is 432 g/mol. The van der Waals surface area contributed by atoms with Gasteiger partial charge in [0.25, 0.3) is 0 Å². The van der Waals surface area contributed by atoms with Gasteiger partial charge in [0.2, 0.25) is 5.91 Å². The number of carbonyl (C=O) groups is 3. The zero-order valence-corrected chi connectivity index (χ0v) is 19.4. The molecule has 0 spiro atoms. The number of aliphatic carboxylic acids is 1. The maximum atomic E-state index is 13.1. The number of carboxylic acids is 1. The molecule has 1 saturated heterocycles. The number of ether oxygens (including phenoxy) is 1. The van der Waals surface area contributed by atoms with Crippen LogP contribution in [0.5, 0.6) is 0 Å². The number of benzene rings is 2. The van der Waals surface area contributed by atoms with Gasteiger partial charge in [-0.15, -0.1) is 0 Å². The quantitative estimate of drug-likeness (QED) is 0.656. The van der Waals surface area contributed by atoms with E-state index in [0.717, 1.165) is 11.1 Å². The highest BCUT2D eigenvalue weighted by molar-refractivity contribution is 5.82. The third kappa shape index (κ3) is 3.93. The van der Waals surface area contributed by atoms with Crippen LogP contribution in [0.15, 0.2) is 48.5 Å². The van der Waals surface area contributed by atoms with Crippen molar-refractivity contribution in [1.29, 1.82) is 0 Å². The summed E-state index contributed by atoms with van der Waals surface area (Å²) < 4.78 is 5.60. The number of fused-ring (bicyclic) bond motifs is 4. The molecule has 1 aliphatic heterocycles. The summed E-state index contributed by atoms with van der Waals surface area (Å²) in [5.74, 6) is -1.30. The van der Waals surface area contributed by atoms with Crippen molar-refractivity contribution < 1.29 is 24.2 Å². The summed E-state index contributed by atoms with van der Waals surface area (Å²) in [5.41, 5.74) is 4.65. The minimum Gasteiger partial charge on any atom is -0.481 e. The normalized spacial score (nSPS) is 23.1. The lowest BCUT2D eigenvalue weighted by atomic mass is 9.94. The zero-order valence-electron chi connectivity index (χ0n) is 19.4. The summed E-state index contributed by atoms with van der Waals surface area (Å²) in [6.45, 7) is 5.33. The summed E-state index contributed by atoms with van der Waals surface area (Å²) in [6, 6.07) is 16.4. The molecule has 1 heterocycles. The lowest BCUT2D eigenvalue weighted by molar-refractivity contribution is -0.142. The Kier molecular flexibility index (Phi) is 5.80. The fourth-order valence-electron chi connectivity index (χ4n) is 5.76. The standard InChI is InChI=1S/C27H30N2O5/c1-15(2)20(25(30)29-12-21-22(13-29)24(21)26(31)32)11-28-27(33)34-14-23-18-9-5-3-7-16(18)17-8-4-6-10-19(17)23/h3-10,15,20-24H,11-14H2,1-2H3,(H,28,33)(H,31,32). The molecular formula is C27H30N2O5. The molecule has 2 aliphatic carbocycles. The highest BCUT2D eigenvalue weighted by Gasteiger charge is 2.60. The Morgan fingerprint density at radius 1 is 1.00 bits per heavy atom. The third-order valence-corrected chi connectivity index (χ3v) is 7.72. The van der Waals surface area contributed by atoms with Crippen molar-refractivity contribution in [3.8, 4) is 11.1 Å². The molecule has 7 heteroatoms. The summed E-state index contributed by atoms with van der Waals surface area (Å²) >= 11 is 0. The van der Waals surface area contributed by atoms with Crippen molar-refractivity contribution >= 4 is 18.0 Å². The number of hydrogen-bond donors (Lipinski definition) is 2. The molecule has 5 rings (SSSR count). The second kappa shape index (κ2) is 8.78. The number of alkyl carbamates (subject to hydrolysis) is 1. The first-order valence-corrected chi connectivity index (χ1v) is 12.0. The number of amides is 2. The first-order valence-electron chi connectivity index (χ1n) is 12.0. The van der Waals surface area contributed by atoms with E-state index in [4.69, 9.17) is 4.74 Å². The summed E-state index contributed by atoms with van der Waals surface area (Å²) in [7, 11) is 0. The van der Waals surface area contributed by atoms with Gasteiger partial charge in [0.15, 0.2) is 0 Å². The van der Waals surface area contributed by atoms with E-state index in [1.54, 1.807) is 4.90 Å². The molecule has 7 nitrogen and oxygen atoms in total. The Balaban J connectivity index is 1.16. The average Bonchev–Trinajstić information content (AvgIpc) is 3.18. The van der Waals surface area contributed by atoms with Gasteiger partial charge in [-0.3, -0.25) is 9.59 Å². The van der Waals surface area contributed by atoms with Crippen LogP contribution in [0.1, 0.15) is 30.9 Å². The predicted molar refractivity (Wildman–Crippen MR) is 126 cm³/mol. The van der Waals surface area contributed by atoms with Crippen LogP contribution >= 0.6 is 0 Å². The van der Waals surface area contributed by atoms with E-state index in [1.165, 1.54) is 11.1 Å². The van der Waals surface area contributed by atoms with Crippen LogP contribution in [0.2, 0.25) is 0 Å². The fraction of sp³-hybridized carbons (Fsp3) is 0.444. The van der Waals surface area contributed by atoms with Crippen LogP contribution in [0.3, 0.4) is 0 Å². The molecule has 3 aliphatic rings. The number of likely N-dealkylation sites (tertiary alicyclic amines) is 1. The van der Waals surface area contributed by atoms with E-state index >= 15 is 0 Å². The summed E-state index contributed by atoms with van der Waals surface area (Å²) in [4.78, 5) is 38.6. The van der Waals surface area contributed by atoms with Gasteiger partial charge in [0.05, 0.1) is 11.8 Å². The number of piperidine rings is 1. The van der Waals surface area contributed by atoms with Crippen molar-refractivity contribution in [3.63, 3.8) is 0 Å². The van der Waals surface area contributed by atoms with Crippen LogP contribution in [0.25, 0.3) is 11.1 Å². The Labute approximate surface area is 199 Å². The summed E-state index contributed by atoms with van der Waals surface area (Å²) in [5, 5.41) is 12.0. The van der Waals surface area contributed by atoms with Crippen LogP contribution in [-0.4, -0.2) is 54.2 Å². The number of carbonyl (C=O) groups excluding carboxylic acids is 2. The number of hydrogen-bond acceptors (Lipinski definition) is 4. The van der Waals surface area contributed by atoms with Gasteiger partial charge in [-0.2, -0.15) is 0 Å². The van der Waals surface area contributed by atoms with Crippen LogP contribution in [0, 0.1) is 29.6 Å². The number of nitrogens with zero attached hydrogens (tertiary/aromatic N) is 1. The van der Waals surface area contributed by atoms with Crippen molar-refractivity contribution in [1.82, 2.24) is 10.2 Å². The minimum absolute atomic E-state index is 0.0146. The van der Waals surface area contributed by atoms with Gasteiger partial charge in [-0.25, -0.2) is 4.79 Å². The molecule has 1 saturated carbocycles. The van der Waals surface area contributed by atoms with Gasteiger partial charge in [0, 0.05) is 25.6 Å². The minimum atomic E-state index is -0.764. The lowest BCUT2D eigenvalue weighted by Crippen LogP contribution is -2.44.